The quantitative estimate of drug-likeness (QED) is 0.458. The second-order valence-electron chi connectivity index (χ2n) is 7.56. The van der Waals surface area contributed by atoms with Crippen LogP contribution in [0.4, 0.5) is 10.5 Å². The van der Waals surface area contributed by atoms with Gasteiger partial charge in [-0.3, -0.25) is 4.79 Å². The molecule has 0 aliphatic rings. The number of nitrogens with zero attached hydrogens (tertiary/aromatic N) is 1. The van der Waals surface area contributed by atoms with E-state index < -0.39 is 28.0 Å². The summed E-state index contributed by atoms with van der Waals surface area (Å²) in [5.74, 6) is 0.248. The molecule has 0 aliphatic heterocycles. The smallest absolute Gasteiger partial charge is 0.329 e. The summed E-state index contributed by atoms with van der Waals surface area (Å²) in [5, 5.41) is 2.54. The average molecular weight is 498 g/mol. The number of urea groups is 1. The van der Waals surface area contributed by atoms with E-state index in [-0.39, 0.29) is 11.3 Å². The lowest BCUT2D eigenvalue weighted by atomic mass is 10.0. The van der Waals surface area contributed by atoms with Crippen molar-refractivity contribution in [1.82, 2.24) is 10.0 Å². The highest BCUT2D eigenvalue weighted by Gasteiger charge is 2.29. The summed E-state index contributed by atoms with van der Waals surface area (Å²) in [6, 6.07) is 14.0. The molecule has 0 unspecified atom stereocenters. The first-order valence-corrected chi connectivity index (χ1v) is 12.4. The van der Waals surface area contributed by atoms with Gasteiger partial charge >= 0.3 is 6.03 Å². The third-order valence-electron chi connectivity index (χ3n) is 5.25. The summed E-state index contributed by atoms with van der Waals surface area (Å²) in [6.07, 6.45) is 2.64. The van der Waals surface area contributed by atoms with Gasteiger partial charge in [0, 0.05) is 18.7 Å². The molecule has 35 heavy (non-hydrogen) atoms. The minimum Gasteiger partial charge on any atom is -0.497 e. The van der Waals surface area contributed by atoms with Crippen molar-refractivity contribution in [2.45, 2.75) is 26.3 Å². The molecule has 0 saturated carbocycles. The van der Waals surface area contributed by atoms with Gasteiger partial charge in [-0.1, -0.05) is 49.6 Å². The molecule has 0 heterocycles. The zero-order valence-corrected chi connectivity index (χ0v) is 21.0. The summed E-state index contributed by atoms with van der Waals surface area (Å²) < 4.78 is 32.5. The number of allylic oxidation sites excluding steroid dienone is 3. The molecule has 8 nitrogen and oxygen atoms in total. The van der Waals surface area contributed by atoms with Crippen LogP contribution in [0.1, 0.15) is 19.4 Å². The van der Waals surface area contributed by atoms with Gasteiger partial charge in [-0.25, -0.2) is 17.9 Å². The Labute approximate surface area is 207 Å². The number of anilines is 1. The minimum atomic E-state index is -4.22. The van der Waals surface area contributed by atoms with Crippen LogP contribution in [-0.4, -0.2) is 40.1 Å². The van der Waals surface area contributed by atoms with Gasteiger partial charge in [-0.15, -0.1) is 0 Å². The number of likely N-dealkylation sites (N-methyl/N-ethyl adjacent to an activating group) is 1. The van der Waals surface area contributed by atoms with Crippen molar-refractivity contribution in [2.24, 2.45) is 0 Å². The van der Waals surface area contributed by atoms with Crippen molar-refractivity contribution in [3.05, 3.63) is 95.9 Å². The Morgan fingerprint density at radius 2 is 1.69 bits per heavy atom. The molecule has 0 radical (unpaired) electrons. The maximum Gasteiger partial charge on any atom is 0.329 e. The predicted molar refractivity (Wildman–Crippen MR) is 139 cm³/mol. The van der Waals surface area contributed by atoms with E-state index in [0.717, 1.165) is 11.6 Å². The molecule has 0 aromatic heterocycles. The van der Waals surface area contributed by atoms with Crippen molar-refractivity contribution < 1.29 is 22.7 Å². The Hall–Kier alpha value is -3.85. The number of carbonyl (C=O) groups is 2. The number of rotatable bonds is 11. The lowest BCUT2D eigenvalue weighted by Gasteiger charge is -2.27. The van der Waals surface area contributed by atoms with Crippen LogP contribution >= 0.6 is 0 Å². The van der Waals surface area contributed by atoms with Crippen molar-refractivity contribution >= 4 is 27.6 Å². The summed E-state index contributed by atoms with van der Waals surface area (Å²) in [4.78, 5) is 27.6. The zero-order valence-electron chi connectivity index (χ0n) is 20.2. The second kappa shape index (κ2) is 12.6. The lowest BCUT2D eigenvalue weighted by molar-refractivity contribution is -0.120. The first kappa shape index (κ1) is 27.4. The molecule has 3 amide bonds. The SMILES string of the molecule is C=C/C(C)=C(\C=C)S(=O)(=O)NC(=O)N[C@@H](Cc1ccccc1)C(=O)N(CC)c1ccc(OC)cc1. The van der Waals surface area contributed by atoms with Crippen LogP contribution in [0.15, 0.2) is 90.4 Å². The Kier molecular flexibility index (Phi) is 9.84. The van der Waals surface area contributed by atoms with Crippen molar-refractivity contribution in [3.63, 3.8) is 0 Å². The fourth-order valence-electron chi connectivity index (χ4n) is 3.41. The molecule has 2 aromatic rings. The number of sulfonamides is 1. The van der Waals surface area contributed by atoms with Gasteiger partial charge in [-0.2, -0.15) is 0 Å². The van der Waals surface area contributed by atoms with Crippen LogP contribution in [0.2, 0.25) is 0 Å². The molecular weight excluding hydrogens is 466 g/mol. The van der Waals surface area contributed by atoms with E-state index in [0.29, 0.717) is 23.6 Å². The van der Waals surface area contributed by atoms with Gasteiger partial charge in [-0.05, 0) is 55.3 Å². The van der Waals surface area contributed by atoms with Gasteiger partial charge in [0.15, 0.2) is 0 Å². The monoisotopic (exact) mass is 497 g/mol. The fourth-order valence-corrected chi connectivity index (χ4v) is 4.55. The first-order chi connectivity index (χ1) is 16.7. The van der Waals surface area contributed by atoms with E-state index in [4.69, 9.17) is 4.74 Å². The Bertz CT molecular complexity index is 1190. The van der Waals surface area contributed by atoms with E-state index in [1.54, 1.807) is 31.4 Å². The molecular formula is C26H31N3O5S. The fraction of sp³-hybridized carbons (Fsp3) is 0.231. The number of hydrogen-bond donors (Lipinski definition) is 2. The zero-order chi connectivity index (χ0) is 26.0. The van der Waals surface area contributed by atoms with Crippen molar-refractivity contribution in [3.8, 4) is 5.75 Å². The largest absolute Gasteiger partial charge is 0.497 e. The van der Waals surface area contributed by atoms with Gasteiger partial charge in [0.2, 0.25) is 5.91 Å². The average Bonchev–Trinajstić information content (AvgIpc) is 2.84. The number of hydrogen-bond acceptors (Lipinski definition) is 5. The number of carbonyl (C=O) groups excluding carboxylic acids is 2. The molecule has 2 aromatic carbocycles. The lowest BCUT2D eigenvalue weighted by Crippen LogP contribution is -2.53. The van der Waals surface area contributed by atoms with Crippen LogP contribution in [-0.2, 0) is 21.2 Å². The van der Waals surface area contributed by atoms with Crippen molar-refractivity contribution in [1.29, 1.82) is 0 Å². The summed E-state index contributed by atoms with van der Waals surface area (Å²) in [6.45, 7) is 10.7. The topological polar surface area (TPSA) is 105 Å². The second-order valence-corrected chi connectivity index (χ2v) is 9.21. The van der Waals surface area contributed by atoms with Crippen LogP contribution in [0, 0.1) is 0 Å². The number of amides is 3. The Morgan fingerprint density at radius 3 is 2.20 bits per heavy atom. The molecule has 0 bridgehead atoms. The van der Waals surface area contributed by atoms with Crippen LogP contribution in [0.5, 0.6) is 5.75 Å². The highest BCUT2D eigenvalue weighted by molar-refractivity contribution is 7.94. The van der Waals surface area contributed by atoms with Gasteiger partial charge in [0.1, 0.15) is 11.8 Å². The Morgan fingerprint density at radius 1 is 1.06 bits per heavy atom. The standard InChI is InChI=1S/C26H31N3O5S/c1-6-19(4)24(7-2)35(32,33)28-26(31)27-23(18-20-12-10-9-11-13-20)25(30)29(8-3)21-14-16-22(34-5)17-15-21/h6-7,9-17,23H,1-2,8,18H2,3-5H3,(H2,27,28,31)/b24-19+/t23-/m0/s1. The Balaban J connectivity index is 2.34. The van der Waals surface area contributed by atoms with E-state index >= 15 is 0 Å². The van der Waals surface area contributed by atoms with Crippen molar-refractivity contribution in [2.75, 3.05) is 18.6 Å². The van der Waals surface area contributed by atoms with E-state index in [9.17, 15) is 18.0 Å². The molecule has 1 atom stereocenters. The predicted octanol–water partition coefficient (Wildman–Crippen LogP) is 3.93. The van der Waals surface area contributed by atoms with Crippen LogP contribution in [0.3, 0.4) is 0 Å². The maximum absolute atomic E-state index is 13.5. The number of nitrogens with one attached hydrogen (secondary N) is 2. The van der Waals surface area contributed by atoms with Crippen LogP contribution < -0.4 is 19.7 Å². The first-order valence-electron chi connectivity index (χ1n) is 10.9. The summed E-state index contributed by atoms with van der Waals surface area (Å²) in [5.41, 5.74) is 1.74. The summed E-state index contributed by atoms with van der Waals surface area (Å²) in [7, 11) is -2.67. The molecule has 2 rings (SSSR count). The molecule has 0 spiro atoms. The highest BCUT2D eigenvalue weighted by Crippen LogP contribution is 2.21. The number of methoxy groups -OCH3 is 1. The van der Waals surface area contributed by atoms with E-state index in [2.05, 4.69) is 18.5 Å². The molecule has 186 valence electrons. The third kappa shape index (κ3) is 7.31. The van der Waals surface area contributed by atoms with E-state index in [1.165, 1.54) is 17.9 Å². The third-order valence-corrected chi connectivity index (χ3v) is 6.77. The van der Waals surface area contributed by atoms with Gasteiger partial charge in [0.05, 0.1) is 12.0 Å². The van der Waals surface area contributed by atoms with Crippen LogP contribution in [0.25, 0.3) is 0 Å². The summed E-state index contributed by atoms with van der Waals surface area (Å²) >= 11 is 0. The molecule has 0 saturated heterocycles. The number of benzene rings is 2. The molecule has 2 N–H and O–H groups in total. The highest BCUT2D eigenvalue weighted by atomic mass is 32.2. The molecule has 0 fully saturated rings. The normalized spacial score (nSPS) is 12.5. The van der Waals surface area contributed by atoms with Gasteiger partial charge in [0.25, 0.3) is 10.0 Å². The molecule has 9 heteroatoms. The minimum absolute atomic E-state index is 0.162. The maximum atomic E-state index is 13.5. The van der Waals surface area contributed by atoms with Gasteiger partial charge < -0.3 is 15.0 Å². The molecule has 0 aliphatic carbocycles. The van der Waals surface area contributed by atoms with E-state index in [1.807, 2.05) is 42.0 Å². The number of ether oxygens (including phenoxy) is 1.